The van der Waals surface area contributed by atoms with Crippen molar-refractivity contribution < 1.29 is 19.0 Å². The van der Waals surface area contributed by atoms with Gasteiger partial charge >= 0.3 is 5.97 Å². The summed E-state index contributed by atoms with van der Waals surface area (Å²) in [6.45, 7) is 5.43. The van der Waals surface area contributed by atoms with Crippen LogP contribution in [0.1, 0.15) is 24.1 Å². The number of ether oxygens (including phenoxy) is 3. The number of carbonyl (C=O) groups is 1. The average Bonchev–Trinajstić information content (AvgIpc) is 3.63. The third-order valence-corrected chi connectivity index (χ3v) is 9.08. The molecule has 1 atom stereocenters. The van der Waals surface area contributed by atoms with Crippen molar-refractivity contribution in [3.05, 3.63) is 138 Å². The van der Waals surface area contributed by atoms with Crippen molar-refractivity contribution in [2.24, 2.45) is 4.99 Å². The second-order valence-corrected chi connectivity index (χ2v) is 12.2. The number of nitrogens with zero attached hydrogens (tertiary/aromatic N) is 4. The lowest BCUT2D eigenvalue weighted by Gasteiger charge is -2.24. The molecule has 2 aromatic heterocycles. The SMILES string of the molecule is C=CCOC(=O)C1=C(C)N=c2s/c(=C/c3cn(-c4ccccc4)nc3-c3ccc(OC)c(Br)c3)c(=O)n2[C@@H]1c1ccc(OC)cc1. The van der Waals surface area contributed by atoms with Gasteiger partial charge < -0.3 is 14.2 Å². The lowest BCUT2D eigenvalue weighted by atomic mass is 9.96. The molecule has 11 heteroatoms. The number of carbonyl (C=O) groups excluding carboxylic acids is 1. The van der Waals surface area contributed by atoms with Gasteiger partial charge in [-0.15, -0.1) is 0 Å². The molecule has 3 heterocycles. The van der Waals surface area contributed by atoms with Crippen LogP contribution >= 0.6 is 27.3 Å². The highest BCUT2D eigenvalue weighted by Gasteiger charge is 2.33. The van der Waals surface area contributed by atoms with E-state index in [1.165, 1.54) is 17.4 Å². The van der Waals surface area contributed by atoms with E-state index in [0.717, 1.165) is 21.3 Å². The van der Waals surface area contributed by atoms with Crippen molar-refractivity contribution in [2.45, 2.75) is 13.0 Å². The number of benzene rings is 3. The molecule has 0 bridgehead atoms. The molecular weight excluding hydrogens is 668 g/mol. The molecule has 6 rings (SSSR count). The van der Waals surface area contributed by atoms with Crippen LogP contribution in [0.4, 0.5) is 0 Å². The normalized spacial score (nSPS) is 14.4. The Morgan fingerprint density at radius 1 is 1.07 bits per heavy atom. The van der Waals surface area contributed by atoms with Crippen LogP contribution in [0.5, 0.6) is 11.5 Å². The molecule has 9 nitrogen and oxygen atoms in total. The summed E-state index contributed by atoms with van der Waals surface area (Å²) in [6, 6.07) is 22.0. The van der Waals surface area contributed by atoms with Gasteiger partial charge in [-0.3, -0.25) is 9.36 Å². The third kappa shape index (κ3) is 5.86. The molecule has 0 unspecified atom stereocenters. The molecule has 232 valence electrons. The van der Waals surface area contributed by atoms with Crippen LogP contribution in [0.25, 0.3) is 23.0 Å². The maximum absolute atomic E-state index is 14.3. The van der Waals surface area contributed by atoms with Crippen molar-refractivity contribution in [3.8, 4) is 28.4 Å². The first-order chi connectivity index (χ1) is 22.3. The fourth-order valence-electron chi connectivity index (χ4n) is 5.28. The largest absolute Gasteiger partial charge is 0.497 e. The summed E-state index contributed by atoms with van der Waals surface area (Å²) in [5, 5.41) is 4.92. The Bertz CT molecular complexity index is 2160. The van der Waals surface area contributed by atoms with Gasteiger partial charge in [0, 0.05) is 17.3 Å². The summed E-state index contributed by atoms with van der Waals surface area (Å²) in [5.74, 6) is 0.783. The fraction of sp³-hybridized carbons (Fsp3) is 0.143. The van der Waals surface area contributed by atoms with Crippen LogP contribution in [0.2, 0.25) is 0 Å². The van der Waals surface area contributed by atoms with Gasteiger partial charge in [-0.25, -0.2) is 14.5 Å². The Hall–Kier alpha value is -5.00. The monoisotopic (exact) mass is 696 g/mol. The first-order valence-corrected chi connectivity index (χ1v) is 15.9. The van der Waals surface area contributed by atoms with E-state index in [9.17, 15) is 9.59 Å². The summed E-state index contributed by atoms with van der Waals surface area (Å²) in [4.78, 5) is 32.8. The summed E-state index contributed by atoms with van der Waals surface area (Å²) in [5.41, 5.74) is 4.29. The molecule has 1 aliphatic rings. The minimum atomic E-state index is -0.759. The molecule has 46 heavy (non-hydrogen) atoms. The Morgan fingerprint density at radius 3 is 2.50 bits per heavy atom. The first kappa shape index (κ1) is 31.0. The van der Waals surface area contributed by atoms with Crippen LogP contribution in [0.15, 0.2) is 117 Å². The topological polar surface area (TPSA) is 96.9 Å². The molecule has 1 aliphatic heterocycles. The Labute approximate surface area is 277 Å². The van der Waals surface area contributed by atoms with Crippen molar-refractivity contribution >= 4 is 39.3 Å². The minimum absolute atomic E-state index is 0.0328. The number of halogens is 1. The Kier molecular flexibility index (Phi) is 8.87. The van der Waals surface area contributed by atoms with Gasteiger partial charge in [0.2, 0.25) is 0 Å². The highest BCUT2D eigenvalue weighted by molar-refractivity contribution is 9.10. The van der Waals surface area contributed by atoms with E-state index in [1.54, 1.807) is 42.5 Å². The number of hydrogen-bond donors (Lipinski definition) is 0. The zero-order valence-electron chi connectivity index (χ0n) is 25.3. The number of methoxy groups -OCH3 is 2. The number of rotatable bonds is 9. The molecule has 0 radical (unpaired) electrons. The van der Waals surface area contributed by atoms with Gasteiger partial charge in [-0.1, -0.05) is 54.3 Å². The molecule has 0 fully saturated rings. The molecular formula is C35H29BrN4O5S. The zero-order chi connectivity index (χ0) is 32.4. The van der Waals surface area contributed by atoms with Crippen LogP contribution in [-0.2, 0) is 9.53 Å². The van der Waals surface area contributed by atoms with Crippen molar-refractivity contribution in [3.63, 3.8) is 0 Å². The van der Waals surface area contributed by atoms with Gasteiger partial charge in [0.25, 0.3) is 5.56 Å². The summed E-state index contributed by atoms with van der Waals surface area (Å²) >= 11 is 4.84. The van der Waals surface area contributed by atoms with E-state index >= 15 is 0 Å². The number of fused-ring (bicyclic) bond motifs is 1. The quantitative estimate of drug-likeness (QED) is 0.147. The van der Waals surface area contributed by atoms with Crippen LogP contribution in [0, 0.1) is 0 Å². The maximum atomic E-state index is 14.3. The molecule has 5 aromatic rings. The van der Waals surface area contributed by atoms with Crippen LogP contribution < -0.4 is 24.4 Å². The molecule has 0 saturated carbocycles. The smallest absolute Gasteiger partial charge is 0.338 e. The number of allylic oxidation sites excluding steroid dienone is 1. The van der Waals surface area contributed by atoms with E-state index < -0.39 is 12.0 Å². The lowest BCUT2D eigenvalue weighted by Crippen LogP contribution is -2.39. The second kappa shape index (κ2) is 13.2. The molecule has 0 aliphatic carbocycles. The number of aromatic nitrogens is 3. The lowest BCUT2D eigenvalue weighted by molar-refractivity contribution is -0.138. The van der Waals surface area contributed by atoms with E-state index in [-0.39, 0.29) is 17.7 Å². The van der Waals surface area contributed by atoms with E-state index in [4.69, 9.17) is 24.3 Å². The van der Waals surface area contributed by atoms with Crippen molar-refractivity contribution in [1.82, 2.24) is 14.3 Å². The number of thiazole rings is 1. The van der Waals surface area contributed by atoms with Gasteiger partial charge in [0.15, 0.2) is 4.80 Å². The predicted octanol–water partition coefficient (Wildman–Crippen LogP) is 5.60. The number of para-hydroxylation sites is 1. The number of esters is 1. The molecule has 0 amide bonds. The van der Waals surface area contributed by atoms with Gasteiger partial charge in [0.1, 0.15) is 23.8 Å². The second-order valence-electron chi connectivity index (χ2n) is 10.3. The maximum Gasteiger partial charge on any atom is 0.338 e. The summed E-state index contributed by atoms with van der Waals surface area (Å²) in [6.07, 6.45) is 5.22. The Balaban J connectivity index is 1.55. The fourth-order valence-corrected chi connectivity index (χ4v) is 6.86. The average molecular weight is 698 g/mol. The highest BCUT2D eigenvalue weighted by Crippen LogP contribution is 2.33. The Morgan fingerprint density at radius 2 is 1.83 bits per heavy atom. The highest BCUT2D eigenvalue weighted by atomic mass is 79.9. The van der Waals surface area contributed by atoms with Gasteiger partial charge in [-0.05, 0) is 77.0 Å². The molecule has 0 N–H and O–H groups in total. The van der Waals surface area contributed by atoms with Crippen molar-refractivity contribution in [1.29, 1.82) is 0 Å². The zero-order valence-corrected chi connectivity index (χ0v) is 27.7. The molecule has 0 saturated heterocycles. The first-order valence-electron chi connectivity index (χ1n) is 14.3. The van der Waals surface area contributed by atoms with E-state index in [1.807, 2.05) is 72.9 Å². The van der Waals surface area contributed by atoms with E-state index in [2.05, 4.69) is 22.5 Å². The minimum Gasteiger partial charge on any atom is -0.497 e. The summed E-state index contributed by atoms with van der Waals surface area (Å²) in [7, 11) is 3.19. The summed E-state index contributed by atoms with van der Waals surface area (Å²) < 4.78 is 20.8. The van der Waals surface area contributed by atoms with Gasteiger partial charge in [0.05, 0.1) is 46.2 Å². The standard InChI is InChI=1S/C35H29BrN4O5S/c1-5-17-45-34(42)30-21(2)37-35-40(32(30)22-11-14-26(43-3)15-12-22)33(41)29(46-35)19-24-20-39(25-9-7-6-8-10-25)38-31(24)23-13-16-28(44-4)27(36)18-23/h5-16,18-20,32H,1,17H2,2-4H3/b29-19+/t32-/m1/s1. The van der Waals surface area contributed by atoms with Crippen molar-refractivity contribution in [2.75, 3.05) is 20.8 Å². The van der Waals surface area contributed by atoms with Gasteiger partial charge in [-0.2, -0.15) is 5.10 Å². The molecule has 3 aromatic carbocycles. The van der Waals surface area contributed by atoms with Crippen LogP contribution in [0.3, 0.4) is 0 Å². The predicted molar refractivity (Wildman–Crippen MR) is 181 cm³/mol. The van der Waals surface area contributed by atoms with Crippen LogP contribution in [-0.4, -0.2) is 41.1 Å². The van der Waals surface area contributed by atoms with E-state index in [0.29, 0.717) is 37.8 Å². The molecule has 0 spiro atoms. The third-order valence-electron chi connectivity index (χ3n) is 7.48. The number of hydrogen-bond acceptors (Lipinski definition) is 8.